The molecule has 562 valence electrons. The Kier molecular flexibility index (Phi) is 25.0. The molecule has 0 unspecified atom stereocenters. The summed E-state index contributed by atoms with van der Waals surface area (Å²) < 4.78 is 27.8. The first-order valence-corrected chi connectivity index (χ1v) is 37.7. The molecule has 0 saturated carbocycles. The van der Waals surface area contributed by atoms with Crippen molar-refractivity contribution in [2.75, 3.05) is 0 Å². The second-order valence-electron chi connectivity index (χ2n) is 32.9. The standard InChI is InChI=1S/C100H110N2O7/c1-21-70-30-38-75(39-31-70)62-106-89-50-46-80(95(9,10)11)56-85(89)99(104,86-57-81(96(12,13)14)47-51-90(86)107-63-76-40-32-71(22-2)33-41-76)68(7)101-60-79-55-67(6)93(66(5)54-74-28-26-25-27-29-74)84(94(79)103)61-102-69(8)100(105,87-58-82(97(15,16)17)48-52-91(87)108-64-77-42-34-72(23-3)35-43-77)88-59-83(98(18,19)20)49-53-92(88)109-65-78-44-36-73(24-4)37-45-78/h21-53,55-61,68-69,103-105H,1-5,54,62-65H2,6-20H3/t68-,69-/m1/s1. The van der Waals surface area contributed by atoms with Crippen molar-refractivity contribution in [2.45, 2.75) is 182 Å². The van der Waals surface area contributed by atoms with Crippen LogP contribution < -0.4 is 18.9 Å². The number of ether oxygens (including phenoxy) is 4. The van der Waals surface area contributed by atoms with Gasteiger partial charge in [0.1, 0.15) is 66.4 Å². The van der Waals surface area contributed by atoms with E-state index in [1.54, 1.807) is 12.4 Å². The summed E-state index contributed by atoms with van der Waals surface area (Å²) >= 11 is 0. The number of hydrogen-bond donors (Lipinski definition) is 3. The average Bonchev–Trinajstić information content (AvgIpc) is 0.743. The Morgan fingerprint density at radius 3 is 0.945 bits per heavy atom. The third kappa shape index (κ3) is 19.0. The summed E-state index contributed by atoms with van der Waals surface area (Å²) in [4.78, 5) is 10.9. The highest BCUT2D eigenvalue weighted by Gasteiger charge is 2.46. The quantitative estimate of drug-likeness (QED) is 0.0399. The molecule has 0 aromatic heterocycles. The zero-order chi connectivity index (χ0) is 78.8. The maximum absolute atomic E-state index is 14.9. The molecule has 0 aliphatic rings. The van der Waals surface area contributed by atoms with Gasteiger partial charge in [-0.2, -0.15) is 0 Å². The van der Waals surface area contributed by atoms with Crippen molar-refractivity contribution in [1.29, 1.82) is 0 Å². The second-order valence-corrected chi connectivity index (χ2v) is 32.9. The lowest BCUT2D eigenvalue weighted by atomic mass is 9.75. The molecular formula is C100H110N2O7. The normalized spacial score (nSPS) is 12.9. The van der Waals surface area contributed by atoms with E-state index in [0.717, 1.165) is 83.5 Å². The molecule has 0 heterocycles. The summed E-state index contributed by atoms with van der Waals surface area (Å²) in [5, 5.41) is 43.1. The predicted octanol–water partition coefficient (Wildman–Crippen LogP) is 23.5. The van der Waals surface area contributed by atoms with Crippen molar-refractivity contribution in [1.82, 2.24) is 0 Å². The first-order chi connectivity index (χ1) is 51.6. The second kappa shape index (κ2) is 33.7. The smallest absolute Gasteiger partial charge is 0.144 e. The van der Waals surface area contributed by atoms with Gasteiger partial charge < -0.3 is 34.3 Å². The number of allylic oxidation sites excluding steroid dienone is 1. The van der Waals surface area contributed by atoms with Crippen LogP contribution in [0.4, 0.5) is 0 Å². The maximum Gasteiger partial charge on any atom is 0.144 e. The van der Waals surface area contributed by atoms with Gasteiger partial charge in [0.25, 0.3) is 0 Å². The predicted molar refractivity (Wildman–Crippen MR) is 456 cm³/mol. The zero-order valence-electron chi connectivity index (χ0n) is 66.7. The molecule has 0 saturated heterocycles. The Balaban J connectivity index is 1.19. The van der Waals surface area contributed by atoms with E-state index in [1.807, 2.05) is 215 Å². The summed E-state index contributed by atoms with van der Waals surface area (Å²) in [7, 11) is 0. The number of phenolic OH excluding ortho intramolecular Hbond substituents is 1. The molecule has 3 N–H and O–H groups in total. The Bertz CT molecular complexity index is 4720. The highest BCUT2D eigenvalue weighted by atomic mass is 16.5. The third-order valence-corrected chi connectivity index (χ3v) is 20.7. The van der Waals surface area contributed by atoms with E-state index in [-0.39, 0.29) is 53.8 Å². The highest BCUT2D eigenvalue weighted by molar-refractivity contribution is 5.98. The molecular weight excluding hydrogens is 1340 g/mol. The summed E-state index contributed by atoms with van der Waals surface area (Å²) in [5.41, 5.74) is 11.8. The van der Waals surface area contributed by atoms with Crippen molar-refractivity contribution in [3.8, 4) is 28.7 Å². The van der Waals surface area contributed by atoms with Gasteiger partial charge in [0.2, 0.25) is 0 Å². The molecule has 0 fully saturated rings. The first-order valence-electron chi connectivity index (χ1n) is 37.7. The number of rotatable bonds is 29. The summed E-state index contributed by atoms with van der Waals surface area (Å²) in [6.45, 7) is 53.0. The maximum atomic E-state index is 14.9. The minimum atomic E-state index is -2.01. The molecule has 2 atom stereocenters. The van der Waals surface area contributed by atoms with E-state index in [9.17, 15) is 15.3 Å². The number of aromatic hydroxyl groups is 1. The molecule has 109 heavy (non-hydrogen) atoms. The third-order valence-electron chi connectivity index (χ3n) is 20.7. The summed E-state index contributed by atoms with van der Waals surface area (Å²) in [5.74, 6) is 1.67. The van der Waals surface area contributed by atoms with E-state index in [4.69, 9.17) is 35.5 Å². The van der Waals surface area contributed by atoms with Gasteiger partial charge in [0, 0.05) is 45.8 Å². The number of hydrogen-bond acceptors (Lipinski definition) is 9. The van der Waals surface area contributed by atoms with Gasteiger partial charge in [-0.1, -0.05) is 292 Å². The van der Waals surface area contributed by atoms with Gasteiger partial charge in [0.15, 0.2) is 0 Å². The molecule has 10 rings (SSSR count). The molecule has 9 nitrogen and oxygen atoms in total. The Hall–Kier alpha value is -10.8. The van der Waals surface area contributed by atoms with Crippen LogP contribution in [0.2, 0.25) is 0 Å². The van der Waals surface area contributed by atoms with Gasteiger partial charge in [0.05, 0.1) is 12.1 Å². The monoisotopic (exact) mass is 1450 g/mol. The lowest BCUT2D eigenvalue weighted by molar-refractivity contribution is 0.0512. The van der Waals surface area contributed by atoms with Crippen LogP contribution in [0.15, 0.2) is 249 Å². The summed E-state index contributed by atoms with van der Waals surface area (Å²) in [6, 6.07) is 66.4. The number of nitrogens with zero attached hydrogens (tertiary/aromatic N) is 2. The number of phenols is 1. The Morgan fingerprint density at radius 1 is 0.385 bits per heavy atom. The number of aliphatic hydroxyl groups is 2. The molecule has 0 bridgehead atoms. The van der Waals surface area contributed by atoms with Gasteiger partial charge in [-0.3, -0.25) is 9.98 Å². The fourth-order valence-electron chi connectivity index (χ4n) is 13.6. The number of aliphatic imine (C=N–C) groups is 2. The van der Waals surface area contributed by atoms with Crippen molar-refractivity contribution in [2.24, 2.45) is 9.98 Å². The van der Waals surface area contributed by atoms with Crippen LogP contribution in [-0.2, 0) is 65.7 Å². The van der Waals surface area contributed by atoms with Crippen molar-refractivity contribution in [3.63, 3.8) is 0 Å². The van der Waals surface area contributed by atoms with E-state index >= 15 is 0 Å². The van der Waals surface area contributed by atoms with Crippen molar-refractivity contribution >= 4 is 42.3 Å². The van der Waals surface area contributed by atoms with Crippen molar-refractivity contribution < 1.29 is 34.3 Å². The van der Waals surface area contributed by atoms with E-state index in [0.29, 0.717) is 68.4 Å². The molecule has 10 aromatic carbocycles. The van der Waals surface area contributed by atoms with Gasteiger partial charge in [-0.15, -0.1) is 0 Å². The molecule has 0 radical (unpaired) electrons. The van der Waals surface area contributed by atoms with Crippen LogP contribution in [0.25, 0.3) is 29.9 Å². The first kappa shape index (κ1) is 80.7. The fourth-order valence-corrected chi connectivity index (χ4v) is 13.6. The van der Waals surface area contributed by atoms with Gasteiger partial charge in [-0.05, 0) is 192 Å². The Morgan fingerprint density at radius 2 is 0.670 bits per heavy atom. The van der Waals surface area contributed by atoms with Crippen LogP contribution in [0.1, 0.15) is 214 Å². The largest absolute Gasteiger partial charge is 0.507 e. The highest BCUT2D eigenvalue weighted by Crippen LogP contribution is 2.50. The van der Waals surface area contributed by atoms with E-state index in [2.05, 4.69) is 146 Å². The minimum Gasteiger partial charge on any atom is -0.507 e. The van der Waals surface area contributed by atoms with Crippen LogP contribution in [-0.4, -0.2) is 39.8 Å². The van der Waals surface area contributed by atoms with Gasteiger partial charge >= 0.3 is 0 Å². The molecule has 0 spiro atoms. The number of benzene rings is 10. The lowest BCUT2D eigenvalue weighted by Crippen LogP contribution is -2.39. The summed E-state index contributed by atoms with van der Waals surface area (Å²) in [6.07, 6.45) is 11.0. The average molecular weight is 1450 g/mol. The molecule has 10 aromatic rings. The van der Waals surface area contributed by atoms with Crippen LogP contribution >= 0.6 is 0 Å². The molecule has 0 aliphatic heterocycles. The molecule has 0 amide bonds. The van der Waals surface area contributed by atoms with E-state index in [1.165, 1.54) is 0 Å². The zero-order valence-corrected chi connectivity index (χ0v) is 66.7. The minimum absolute atomic E-state index is 0.140. The Labute approximate surface area is 649 Å². The topological polar surface area (TPSA) is 122 Å². The van der Waals surface area contributed by atoms with Crippen LogP contribution in [0.3, 0.4) is 0 Å². The fraction of sp³-hybridized carbons (Fsp3) is 0.280. The SMILES string of the molecule is C=Cc1ccc(COc2ccc(C(C)(C)C)cc2C(O)(c2cc(C(C)(C)C)ccc2OCc2ccc(C=C)cc2)[C@@H](C)N=Cc2cc(C)c(C(=C)Cc3ccccc3)c(C=N[C@H](C)C(O)(c3cc(C(C)(C)C)ccc3OCc3ccc(C=C)cc3)c3cc(C(C)(C)C)ccc3OCc3ccc(C=C)cc3)c2O)cc1. The van der Waals surface area contributed by atoms with E-state index < -0.39 is 23.3 Å². The van der Waals surface area contributed by atoms with Crippen LogP contribution in [0, 0.1) is 6.92 Å². The van der Waals surface area contributed by atoms with Gasteiger partial charge in [-0.25, -0.2) is 0 Å². The molecule has 0 aliphatic carbocycles. The number of aryl methyl sites for hydroxylation is 1. The van der Waals surface area contributed by atoms with Crippen LogP contribution in [0.5, 0.6) is 28.7 Å². The molecule has 9 heteroatoms. The van der Waals surface area contributed by atoms with Crippen molar-refractivity contribution in [3.05, 3.63) is 356 Å². The lowest BCUT2D eigenvalue weighted by Gasteiger charge is -2.37.